The number of aliphatic hydroxyl groups is 12. The van der Waals surface area contributed by atoms with Gasteiger partial charge in [-0.15, -0.1) is 0 Å². The van der Waals surface area contributed by atoms with Crippen LogP contribution in [0.15, 0.2) is 44.0 Å². The lowest BCUT2D eigenvalue weighted by atomic mass is 10.1. The Balaban J connectivity index is 0.000000210. The second kappa shape index (κ2) is 25.5. The molecule has 0 unspecified atom stereocenters. The van der Waals surface area contributed by atoms with Gasteiger partial charge in [-0.25, -0.2) is 17.6 Å². The first-order valence-corrected chi connectivity index (χ1v) is 22.9. The van der Waals surface area contributed by atoms with Gasteiger partial charge in [0, 0.05) is 24.8 Å². The van der Waals surface area contributed by atoms with Gasteiger partial charge in [-0.2, -0.15) is 0 Å². The van der Waals surface area contributed by atoms with E-state index < -0.39 is 172 Å². The molecule has 0 saturated carbocycles. The van der Waals surface area contributed by atoms with Crippen LogP contribution in [0, 0.1) is 19.1 Å². The first-order chi connectivity index (χ1) is 39.4. The summed E-state index contributed by atoms with van der Waals surface area (Å²) in [5.41, 5.74) is -5.04. The molecule has 32 nitrogen and oxygen atoms in total. The number of alkyl halides is 4. The lowest BCUT2D eigenvalue weighted by Gasteiger charge is -2.20. The predicted octanol–water partition coefficient (Wildman–Crippen LogP) is -5.49. The van der Waals surface area contributed by atoms with E-state index in [4.69, 9.17) is 77.2 Å². The zero-order valence-electron chi connectivity index (χ0n) is 45.0. The summed E-state index contributed by atoms with van der Waals surface area (Å²) in [6.45, 7) is -9.89. The normalized spacial score (nSPS) is 36.6. The van der Waals surface area contributed by atoms with Crippen molar-refractivity contribution >= 4 is 74.0 Å². The van der Waals surface area contributed by atoms with Gasteiger partial charge in [-0.1, -0.05) is 0 Å². The van der Waals surface area contributed by atoms with Crippen LogP contribution in [-0.4, -0.2) is 223 Å². The summed E-state index contributed by atoms with van der Waals surface area (Å²) in [4.78, 5) is 96.7. The van der Waals surface area contributed by atoms with Gasteiger partial charge in [-0.05, 0) is 48.9 Å². The zero-order valence-corrected chi connectivity index (χ0v) is 42.3. The van der Waals surface area contributed by atoms with Crippen molar-refractivity contribution in [1.82, 2.24) is 38.2 Å². The van der Waals surface area contributed by atoms with Gasteiger partial charge < -0.3 is 80.2 Å². The van der Waals surface area contributed by atoms with E-state index >= 15 is 0 Å². The number of hydrogen-bond donors (Lipinski definition) is 16. The maximum absolute atomic E-state index is 14.5. The van der Waals surface area contributed by atoms with E-state index in [1.807, 2.05) is 4.98 Å². The van der Waals surface area contributed by atoms with Crippen molar-refractivity contribution < 1.29 is 125 Å². The molecule has 16 N–H and O–H groups in total. The average Bonchev–Trinajstić information content (AvgIpc) is 1.75. The highest BCUT2D eigenvalue weighted by Gasteiger charge is 2.59. The number of H-pyrrole nitrogens is 4. The minimum Gasteiger partial charge on any atom is -0.390 e. The molecule has 8 rings (SSSR count). The third kappa shape index (κ3) is 12.6. The number of hydrogen-bond acceptors (Lipinski definition) is 28. The van der Waals surface area contributed by atoms with Gasteiger partial charge in [0.2, 0.25) is 0 Å². The van der Waals surface area contributed by atoms with E-state index in [1.54, 1.807) is 0 Å². The van der Waals surface area contributed by atoms with Crippen LogP contribution >= 0.6 is 48.9 Å². The molecule has 4 fully saturated rings. The van der Waals surface area contributed by atoms with Crippen molar-refractivity contribution in [3.63, 3.8) is 0 Å². The minimum atomic E-state index is -3.86. The molecule has 0 radical (unpaired) electrons. The van der Waals surface area contributed by atoms with E-state index in [9.17, 15) is 102 Å². The molecule has 4 aliphatic heterocycles. The maximum Gasteiger partial charge on any atom is 0.263 e. The lowest BCUT2D eigenvalue weighted by molar-refractivity contribution is -0.207. The number of aromatic amines is 4. The van der Waals surface area contributed by atoms with Gasteiger partial charge in [0.1, 0.15) is 75.2 Å². The molecule has 4 aromatic heterocycles. The van der Waals surface area contributed by atoms with Gasteiger partial charge >= 0.3 is 0 Å². The van der Waals surface area contributed by atoms with Gasteiger partial charge in [0.05, 0.1) is 30.5 Å². The average molecular weight is 1230 g/mol. The summed E-state index contributed by atoms with van der Waals surface area (Å²) >= 11 is 19.1. The summed E-state index contributed by atoms with van der Waals surface area (Å²) in [5.74, 6) is -13.5. The highest BCUT2D eigenvalue weighted by Crippen LogP contribution is 2.41. The number of ether oxygens (including phenoxy) is 4. The number of nitrogens with zero attached hydrogens (tertiary/aromatic N) is 4. The van der Waals surface area contributed by atoms with Crippen molar-refractivity contribution in [2.24, 2.45) is 0 Å². The number of nitrogens with one attached hydrogen (secondary N) is 4. The Bertz CT molecular complexity index is 3780. The molecule has 0 aliphatic carbocycles. The largest absolute Gasteiger partial charge is 0.390 e. The van der Waals surface area contributed by atoms with Crippen molar-refractivity contribution in [3.8, 4) is 0 Å². The molecular formula is C40H44F4N8O24S4. The van der Waals surface area contributed by atoms with Gasteiger partial charge in [0.25, 0.3) is 45.7 Å². The molecule has 4 saturated heterocycles. The first kappa shape index (κ1) is 56.0. The van der Waals surface area contributed by atoms with Crippen LogP contribution in [0.25, 0.3) is 0 Å². The SMILES string of the molecule is O=Cc1cn([C@@H]2O[C@](F)(CO)[C@@H](O)[C@H]2O)c(=S)[nH]c1=O.[2H]C([2H])(O)[C@@]1(F)O[C@@H](n2cc(C=O)c(=O)[nH]c2=S)[C@H](O)[C@@H]1O.[2H]C([2H])(O)[C@@]1(F)O[C@@]([2H])(n2cc(C=O)c(=O)[nH]c2=S)[C@H](O)[C@@H]1O.[2H][C@@]1(n2cc(C=O)c(=O)[nH]c2=S)O[C@](F)(CO)[C@@H](O)[C@H]1O. The van der Waals surface area contributed by atoms with Crippen LogP contribution in [0.1, 0.15) is 74.5 Å². The molecule has 4 aliphatic rings. The Labute approximate surface area is 467 Å². The standard InChI is InChI=1S/4C10H11FN2O6S/c4*11-10(3-15)6(17)5(16)8(19-10)13-1-4(2-14)7(18)12-9(13)20/h4*1-2,5-6,8,15-17H,3H2,(H,12,18,20)/t4*5-,6+,8-,10-/m1111/s1/i3D2,8D;8D;3D2;. The Hall–Kier alpha value is -5.84. The Kier molecular flexibility index (Phi) is 17.9. The lowest BCUT2D eigenvalue weighted by Crippen LogP contribution is -2.42. The van der Waals surface area contributed by atoms with Gasteiger partial charge in [-0.3, -0.25) is 76.6 Å². The third-order valence-electron chi connectivity index (χ3n) is 11.3. The van der Waals surface area contributed by atoms with Crippen molar-refractivity contribution in [2.75, 3.05) is 26.3 Å². The zero-order chi connectivity index (χ0) is 65.7. The fourth-order valence-electron chi connectivity index (χ4n) is 7.00. The maximum atomic E-state index is 14.5. The van der Waals surface area contributed by atoms with Crippen LogP contribution < -0.4 is 22.2 Å². The van der Waals surface area contributed by atoms with E-state index in [0.29, 0.717) is 15.3 Å². The fourth-order valence-corrected chi connectivity index (χ4v) is 7.97. The van der Waals surface area contributed by atoms with Gasteiger partial charge in [0.15, 0.2) is 69.1 Å². The van der Waals surface area contributed by atoms with E-state index in [2.05, 4.69) is 29.2 Å². The second-order valence-electron chi connectivity index (χ2n) is 16.4. The number of carbonyl (C=O) groups is 4. The van der Waals surface area contributed by atoms with Crippen LogP contribution in [0.3, 0.4) is 0 Å². The van der Waals surface area contributed by atoms with Crippen molar-refractivity contribution in [1.29, 1.82) is 0 Å². The van der Waals surface area contributed by atoms with Crippen molar-refractivity contribution in [3.05, 3.63) is 108 Å². The number of aliphatic hydroxyl groups excluding tert-OH is 10. The van der Waals surface area contributed by atoms with E-state index in [-0.39, 0.29) is 40.3 Å². The number of aromatic nitrogens is 8. The van der Waals surface area contributed by atoms with Crippen LogP contribution in [0.4, 0.5) is 17.6 Å². The Morgan fingerprint density at radius 3 is 0.963 bits per heavy atom. The topological polar surface area (TPSA) is 499 Å². The highest BCUT2D eigenvalue weighted by atomic mass is 32.1. The van der Waals surface area contributed by atoms with Crippen LogP contribution in [0.2, 0.25) is 0 Å². The first-order valence-electron chi connectivity index (χ1n) is 24.3. The van der Waals surface area contributed by atoms with Crippen LogP contribution in [-0.2, 0) is 18.9 Å². The molecule has 4 aromatic rings. The number of carbonyl (C=O) groups excluding carboxylic acids is 4. The quantitative estimate of drug-likeness (QED) is 0.0357. The van der Waals surface area contributed by atoms with Crippen LogP contribution in [0.5, 0.6) is 0 Å². The Morgan fingerprint density at radius 1 is 0.463 bits per heavy atom. The summed E-state index contributed by atoms with van der Waals surface area (Å²) in [6, 6.07) is 0. The fraction of sp³-hybridized carbons (Fsp3) is 0.500. The molecule has 0 bridgehead atoms. The summed E-state index contributed by atoms with van der Waals surface area (Å²) in [6.07, 6.45) is -22.6. The summed E-state index contributed by atoms with van der Waals surface area (Å²) < 4.78 is 120. The molecular weight excluding hydrogens is 1180 g/mol. The molecule has 440 valence electrons. The number of aldehydes is 4. The number of rotatable bonds is 12. The Morgan fingerprint density at radius 2 is 0.700 bits per heavy atom. The van der Waals surface area contributed by atoms with Crippen molar-refractivity contribution in [2.45, 2.75) is 97.1 Å². The molecule has 8 heterocycles. The number of halogens is 4. The smallest absolute Gasteiger partial charge is 0.263 e. The van der Waals surface area contributed by atoms with E-state index in [1.165, 1.54) is 0 Å². The molecule has 0 amide bonds. The highest BCUT2D eigenvalue weighted by molar-refractivity contribution is 7.71. The monoisotopic (exact) mass is 1230 g/mol. The predicted molar refractivity (Wildman–Crippen MR) is 257 cm³/mol. The molecule has 0 aromatic carbocycles. The minimum absolute atomic E-state index is 0.0965. The molecule has 40 heteroatoms. The molecule has 16 atom stereocenters. The third-order valence-corrected chi connectivity index (χ3v) is 12.5. The molecule has 80 heavy (non-hydrogen) atoms. The summed E-state index contributed by atoms with van der Waals surface area (Å²) in [7, 11) is 0. The second-order valence-corrected chi connectivity index (χ2v) is 17.9. The molecule has 0 spiro atoms. The van der Waals surface area contributed by atoms with E-state index in [0.717, 1.165) is 27.7 Å². The summed E-state index contributed by atoms with van der Waals surface area (Å²) in [5, 5.41) is 114.